The summed E-state index contributed by atoms with van der Waals surface area (Å²) in [5.74, 6) is 1.37. The second-order valence-electron chi connectivity index (χ2n) is 5.81. The largest absolute Gasteiger partial charge is 0.465 e. The number of furan rings is 1. The monoisotopic (exact) mass is 316 g/mol. The van der Waals surface area contributed by atoms with E-state index in [1.807, 2.05) is 34.6 Å². The fourth-order valence-electron chi connectivity index (χ4n) is 2.28. The molecule has 6 heteroatoms. The van der Waals surface area contributed by atoms with Crippen molar-refractivity contribution in [3.63, 3.8) is 0 Å². The summed E-state index contributed by atoms with van der Waals surface area (Å²) in [7, 11) is -1.92. The van der Waals surface area contributed by atoms with Crippen LogP contribution in [0.25, 0.3) is 0 Å². The van der Waals surface area contributed by atoms with Crippen molar-refractivity contribution in [1.82, 2.24) is 9.62 Å². The lowest BCUT2D eigenvalue weighted by atomic mass is 10.1. The standard InChI is InChI=1S/C15H28N2O3S/c1-8-16-9-14-12(5)20-13(6)15(14)21(18,19)17(7)11(4)10(2)3/h10-11,16H,8-9H2,1-7H3. The van der Waals surface area contributed by atoms with Crippen molar-refractivity contribution >= 4 is 10.0 Å². The molecular formula is C15H28N2O3S. The summed E-state index contributed by atoms with van der Waals surface area (Å²) >= 11 is 0. The maximum absolute atomic E-state index is 12.9. The highest BCUT2D eigenvalue weighted by atomic mass is 32.2. The van der Waals surface area contributed by atoms with Crippen LogP contribution in [0.4, 0.5) is 0 Å². The summed E-state index contributed by atoms with van der Waals surface area (Å²) in [6, 6.07) is -0.0726. The minimum absolute atomic E-state index is 0.0726. The Morgan fingerprint density at radius 3 is 2.24 bits per heavy atom. The van der Waals surface area contributed by atoms with Gasteiger partial charge >= 0.3 is 0 Å². The van der Waals surface area contributed by atoms with Gasteiger partial charge in [-0.1, -0.05) is 20.8 Å². The van der Waals surface area contributed by atoms with Crippen LogP contribution in [0.2, 0.25) is 0 Å². The number of hydrogen-bond donors (Lipinski definition) is 1. The molecule has 0 saturated carbocycles. The summed E-state index contributed by atoms with van der Waals surface area (Å²) in [4.78, 5) is 0.316. The molecule has 0 bridgehead atoms. The van der Waals surface area contributed by atoms with Crippen LogP contribution in [0.1, 0.15) is 44.8 Å². The van der Waals surface area contributed by atoms with E-state index in [-0.39, 0.29) is 12.0 Å². The van der Waals surface area contributed by atoms with Crippen molar-refractivity contribution in [3.05, 3.63) is 17.1 Å². The summed E-state index contributed by atoms with van der Waals surface area (Å²) in [5.41, 5.74) is 0.733. The first kappa shape index (κ1) is 18.2. The molecule has 0 radical (unpaired) electrons. The Morgan fingerprint density at radius 2 is 1.76 bits per heavy atom. The average molecular weight is 316 g/mol. The zero-order chi connectivity index (χ0) is 16.4. The van der Waals surface area contributed by atoms with Crippen LogP contribution < -0.4 is 5.32 Å². The van der Waals surface area contributed by atoms with Gasteiger partial charge in [0.15, 0.2) is 0 Å². The molecule has 1 unspecified atom stereocenters. The molecule has 122 valence electrons. The molecule has 0 aliphatic rings. The molecule has 1 atom stereocenters. The number of hydrogen-bond acceptors (Lipinski definition) is 4. The van der Waals surface area contributed by atoms with E-state index >= 15 is 0 Å². The number of nitrogens with zero attached hydrogens (tertiary/aromatic N) is 1. The fraction of sp³-hybridized carbons (Fsp3) is 0.733. The lowest BCUT2D eigenvalue weighted by molar-refractivity contribution is 0.315. The SMILES string of the molecule is CCNCc1c(C)oc(C)c1S(=O)(=O)N(C)C(C)C(C)C. The van der Waals surface area contributed by atoms with Gasteiger partial charge < -0.3 is 9.73 Å². The first-order chi connectivity index (χ1) is 9.64. The van der Waals surface area contributed by atoms with Crippen molar-refractivity contribution in [2.24, 2.45) is 5.92 Å². The second-order valence-corrected chi connectivity index (χ2v) is 7.74. The molecule has 0 aliphatic heterocycles. The van der Waals surface area contributed by atoms with Crippen LogP contribution in [-0.4, -0.2) is 32.4 Å². The smallest absolute Gasteiger partial charge is 0.246 e. The molecule has 21 heavy (non-hydrogen) atoms. The topological polar surface area (TPSA) is 62.6 Å². The van der Waals surface area contributed by atoms with Gasteiger partial charge in [0.25, 0.3) is 0 Å². The number of rotatable bonds is 7. The second kappa shape index (κ2) is 6.94. The highest BCUT2D eigenvalue weighted by Gasteiger charge is 2.33. The van der Waals surface area contributed by atoms with Crippen LogP contribution >= 0.6 is 0 Å². The normalized spacial score (nSPS) is 14.1. The maximum Gasteiger partial charge on any atom is 0.246 e. The van der Waals surface area contributed by atoms with Gasteiger partial charge in [0.1, 0.15) is 16.4 Å². The third-order valence-electron chi connectivity index (χ3n) is 4.05. The van der Waals surface area contributed by atoms with E-state index in [0.29, 0.717) is 23.0 Å². The molecule has 1 heterocycles. The third-order valence-corrected chi connectivity index (χ3v) is 6.19. The van der Waals surface area contributed by atoms with E-state index in [2.05, 4.69) is 5.32 Å². The van der Waals surface area contributed by atoms with Crippen molar-refractivity contribution in [1.29, 1.82) is 0 Å². The molecule has 0 spiro atoms. The van der Waals surface area contributed by atoms with Gasteiger partial charge in [-0.2, -0.15) is 4.31 Å². The van der Waals surface area contributed by atoms with Crippen molar-refractivity contribution in [2.45, 2.75) is 59.0 Å². The Kier molecular flexibility index (Phi) is 6.01. The molecule has 0 aliphatic carbocycles. The van der Waals surface area contributed by atoms with Gasteiger partial charge in [0.2, 0.25) is 10.0 Å². The lowest BCUT2D eigenvalue weighted by Crippen LogP contribution is -2.38. The molecule has 0 amide bonds. The van der Waals surface area contributed by atoms with Gasteiger partial charge in [-0.3, -0.25) is 0 Å². The molecule has 0 saturated heterocycles. The van der Waals surface area contributed by atoms with E-state index in [0.717, 1.165) is 12.1 Å². The Morgan fingerprint density at radius 1 is 1.19 bits per heavy atom. The van der Waals surface area contributed by atoms with Crippen LogP contribution in [0.3, 0.4) is 0 Å². The van der Waals surface area contributed by atoms with Crippen molar-refractivity contribution < 1.29 is 12.8 Å². The average Bonchev–Trinajstić information content (AvgIpc) is 2.69. The predicted octanol–water partition coefficient (Wildman–Crippen LogP) is 2.67. The number of nitrogens with one attached hydrogen (secondary N) is 1. The quantitative estimate of drug-likeness (QED) is 0.840. The van der Waals surface area contributed by atoms with Crippen LogP contribution in [-0.2, 0) is 16.6 Å². The van der Waals surface area contributed by atoms with E-state index in [4.69, 9.17) is 4.42 Å². The summed E-state index contributed by atoms with van der Waals surface area (Å²) in [5, 5.41) is 3.18. The minimum Gasteiger partial charge on any atom is -0.465 e. The molecule has 1 aromatic rings. The number of aryl methyl sites for hydroxylation is 2. The molecule has 1 aromatic heterocycles. The van der Waals surface area contributed by atoms with Crippen LogP contribution in [0.15, 0.2) is 9.31 Å². The zero-order valence-electron chi connectivity index (χ0n) is 14.1. The zero-order valence-corrected chi connectivity index (χ0v) is 15.0. The Bertz CT molecular complexity index is 576. The van der Waals surface area contributed by atoms with Crippen LogP contribution in [0.5, 0.6) is 0 Å². The highest BCUT2D eigenvalue weighted by Crippen LogP contribution is 2.30. The highest BCUT2D eigenvalue weighted by molar-refractivity contribution is 7.89. The lowest BCUT2D eigenvalue weighted by Gasteiger charge is -2.27. The fourth-order valence-corrected chi connectivity index (χ4v) is 4.19. The van der Waals surface area contributed by atoms with Gasteiger partial charge in [-0.05, 0) is 33.2 Å². The first-order valence-electron chi connectivity index (χ1n) is 7.42. The van der Waals surface area contributed by atoms with Gasteiger partial charge in [-0.25, -0.2) is 8.42 Å². The summed E-state index contributed by atoms with van der Waals surface area (Å²) < 4.78 is 32.9. The van der Waals surface area contributed by atoms with E-state index in [1.54, 1.807) is 14.0 Å². The molecule has 5 nitrogen and oxygen atoms in total. The third kappa shape index (κ3) is 3.67. The Labute approximate surface area is 128 Å². The minimum atomic E-state index is -3.55. The summed E-state index contributed by atoms with van der Waals surface area (Å²) in [6.45, 7) is 12.7. The molecule has 1 N–H and O–H groups in total. The van der Waals surface area contributed by atoms with Gasteiger partial charge in [0, 0.05) is 25.2 Å². The van der Waals surface area contributed by atoms with E-state index < -0.39 is 10.0 Å². The summed E-state index contributed by atoms with van der Waals surface area (Å²) in [6.07, 6.45) is 0. The van der Waals surface area contributed by atoms with E-state index in [9.17, 15) is 8.42 Å². The van der Waals surface area contributed by atoms with Gasteiger partial charge in [-0.15, -0.1) is 0 Å². The molecule has 1 rings (SSSR count). The molecule has 0 aromatic carbocycles. The van der Waals surface area contributed by atoms with Crippen molar-refractivity contribution in [2.75, 3.05) is 13.6 Å². The van der Waals surface area contributed by atoms with Crippen LogP contribution in [0, 0.1) is 19.8 Å². The maximum atomic E-state index is 12.9. The van der Waals surface area contributed by atoms with Crippen molar-refractivity contribution in [3.8, 4) is 0 Å². The number of sulfonamides is 1. The van der Waals surface area contributed by atoms with Gasteiger partial charge in [0.05, 0.1) is 0 Å². The molecular weight excluding hydrogens is 288 g/mol. The first-order valence-corrected chi connectivity index (χ1v) is 8.86. The Balaban J connectivity index is 3.31. The Hall–Kier alpha value is -0.850. The van der Waals surface area contributed by atoms with E-state index in [1.165, 1.54) is 4.31 Å². The predicted molar refractivity (Wildman–Crippen MR) is 84.8 cm³/mol. The molecule has 0 fully saturated rings.